The standard InChI is InChI=1S/C24H29N5OS/c1-19-6-3-4-8-21(19)18-29-11-10-23(26-29)25-24(31)28-14-12-27(13-15-28)17-20-7-5-9-22(16-20)30-2/h3-11,16H,12-15,17-18H2,1-2H3,(H,25,26,31). The Hall–Kier alpha value is -2.90. The summed E-state index contributed by atoms with van der Waals surface area (Å²) in [5, 5.41) is 8.68. The highest BCUT2D eigenvalue weighted by atomic mass is 32.1. The molecule has 0 aliphatic carbocycles. The van der Waals surface area contributed by atoms with Crippen molar-refractivity contribution in [3.8, 4) is 5.75 Å². The number of aromatic nitrogens is 2. The van der Waals surface area contributed by atoms with Crippen LogP contribution in [0, 0.1) is 6.92 Å². The molecular formula is C24H29N5OS. The normalized spacial score (nSPS) is 14.5. The third-order valence-corrected chi connectivity index (χ3v) is 6.03. The van der Waals surface area contributed by atoms with Crippen LogP contribution in [-0.4, -0.2) is 58.0 Å². The summed E-state index contributed by atoms with van der Waals surface area (Å²) in [5.41, 5.74) is 3.81. The summed E-state index contributed by atoms with van der Waals surface area (Å²) < 4.78 is 7.27. The van der Waals surface area contributed by atoms with Gasteiger partial charge in [-0.05, 0) is 48.0 Å². The third-order valence-electron chi connectivity index (χ3n) is 5.67. The summed E-state index contributed by atoms with van der Waals surface area (Å²) in [6, 6.07) is 18.6. The van der Waals surface area contributed by atoms with Gasteiger partial charge in [0.1, 0.15) is 5.75 Å². The Morgan fingerprint density at radius 1 is 1.03 bits per heavy atom. The van der Waals surface area contributed by atoms with Crippen molar-refractivity contribution in [1.29, 1.82) is 0 Å². The van der Waals surface area contributed by atoms with E-state index >= 15 is 0 Å². The van der Waals surface area contributed by atoms with E-state index in [0.29, 0.717) is 0 Å². The van der Waals surface area contributed by atoms with Crippen LogP contribution in [0.1, 0.15) is 16.7 Å². The van der Waals surface area contributed by atoms with E-state index in [9.17, 15) is 0 Å². The molecule has 0 bridgehead atoms. The molecule has 1 aliphatic heterocycles. The number of hydrogen-bond acceptors (Lipinski definition) is 4. The number of piperazine rings is 1. The van der Waals surface area contributed by atoms with E-state index in [0.717, 1.165) is 55.9 Å². The van der Waals surface area contributed by atoms with Crippen LogP contribution in [0.5, 0.6) is 5.75 Å². The third kappa shape index (κ3) is 5.62. The number of methoxy groups -OCH3 is 1. The second-order valence-electron chi connectivity index (χ2n) is 7.87. The van der Waals surface area contributed by atoms with Gasteiger partial charge in [0.15, 0.2) is 10.9 Å². The summed E-state index contributed by atoms with van der Waals surface area (Å²) in [4.78, 5) is 4.67. The Bertz CT molecular complexity index is 1030. The van der Waals surface area contributed by atoms with Crippen molar-refractivity contribution >= 4 is 23.1 Å². The van der Waals surface area contributed by atoms with Gasteiger partial charge in [-0.1, -0.05) is 36.4 Å². The molecule has 2 heterocycles. The molecule has 2 aromatic carbocycles. The van der Waals surface area contributed by atoms with Crippen molar-refractivity contribution < 1.29 is 4.74 Å². The van der Waals surface area contributed by atoms with Gasteiger partial charge in [0.25, 0.3) is 0 Å². The van der Waals surface area contributed by atoms with Crippen molar-refractivity contribution in [3.63, 3.8) is 0 Å². The molecule has 7 heteroatoms. The Morgan fingerprint density at radius 2 is 1.84 bits per heavy atom. The highest BCUT2D eigenvalue weighted by Gasteiger charge is 2.19. The van der Waals surface area contributed by atoms with Crippen LogP contribution < -0.4 is 10.1 Å². The SMILES string of the molecule is COc1cccc(CN2CCN(C(=S)Nc3ccn(Cc4ccccc4C)n3)CC2)c1. The number of nitrogens with one attached hydrogen (secondary N) is 1. The maximum absolute atomic E-state index is 5.65. The maximum Gasteiger partial charge on any atom is 0.174 e. The van der Waals surface area contributed by atoms with Crippen LogP contribution in [0.2, 0.25) is 0 Å². The first-order valence-corrected chi connectivity index (χ1v) is 11.0. The van der Waals surface area contributed by atoms with Crippen LogP contribution in [0.15, 0.2) is 60.8 Å². The highest BCUT2D eigenvalue weighted by Crippen LogP contribution is 2.16. The average Bonchev–Trinajstić information content (AvgIpc) is 3.22. The lowest BCUT2D eigenvalue weighted by Gasteiger charge is -2.36. The molecule has 1 aromatic heterocycles. The summed E-state index contributed by atoms with van der Waals surface area (Å²) in [7, 11) is 1.71. The molecule has 0 atom stereocenters. The summed E-state index contributed by atoms with van der Waals surface area (Å²) in [5.74, 6) is 1.70. The van der Waals surface area contributed by atoms with Crippen LogP contribution in [0.3, 0.4) is 0 Å². The van der Waals surface area contributed by atoms with Gasteiger partial charge in [0.2, 0.25) is 0 Å². The van der Waals surface area contributed by atoms with Crippen molar-refractivity contribution in [3.05, 3.63) is 77.5 Å². The van der Waals surface area contributed by atoms with Gasteiger partial charge in [-0.25, -0.2) is 0 Å². The number of thiocarbonyl (C=S) groups is 1. The fourth-order valence-corrected chi connectivity index (χ4v) is 4.09. The quantitative estimate of drug-likeness (QED) is 0.595. The molecule has 0 unspecified atom stereocenters. The molecule has 3 aromatic rings. The fourth-order valence-electron chi connectivity index (χ4n) is 3.81. The smallest absolute Gasteiger partial charge is 0.174 e. The molecule has 1 saturated heterocycles. The van der Waals surface area contributed by atoms with E-state index in [1.807, 2.05) is 29.1 Å². The Kier molecular flexibility index (Phi) is 6.84. The first kappa shape index (κ1) is 21.3. The number of benzene rings is 2. The molecule has 31 heavy (non-hydrogen) atoms. The number of aryl methyl sites for hydroxylation is 1. The van der Waals surface area contributed by atoms with E-state index in [2.05, 4.69) is 63.5 Å². The van der Waals surface area contributed by atoms with Crippen molar-refractivity contribution in [1.82, 2.24) is 19.6 Å². The Balaban J connectivity index is 1.26. The Morgan fingerprint density at radius 3 is 2.61 bits per heavy atom. The molecule has 0 saturated carbocycles. The lowest BCUT2D eigenvalue weighted by molar-refractivity contribution is 0.177. The van der Waals surface area contributed by atoms with E-state index in [1.54, 1.807) is 7.11 Å². The fraction of sp³-hybridized carbons (Fsp3) is 0.333. The Labute approximate surface area is 189 Å². The van der Waals surface area contributed by atoms with Crippen molar-refractivity contribution in [2.45, 2.75) is 20.0 Å². The number of ether oxygens (including phenoxy) is 1. The average molecular weight is 436 g/mol. The molecule has 4 rings (SSSR count). The van der Waals surface area contributed by atoms with E-state index in [4.69, 9.17) is 17.0 Å². The molecule has 6 nitrogen and oxygen atoms in total. The van der Waals surface area contributed by atoms with Gasteiger partial charge in [0.05, 0.1) is 13.7 Å². The van der Waals surface area contributed by atoms with Gasteiger partial charge in [-0.3, -0.25) is 9.58 Å². The van der Waals surface area contributed by atoms with E-state index in [1.165, 1.54) is 16.7 Å². The lowest BCUT2D eigenvalue weighted by atomic mass is 10.1. The number of nitrogens with zero attached hydrogens (tertiary/aromatic N) is 4. The van der Waals surface area contributed by atoms with Crippen molar-refractivity contribution in [2.24, 2.45) is 0 Å². The van der Waals surface area contributed by atoms with Gasteiger partial charge in [0, 0.05) is 45.0 Å². The van der Waals surface area contributed by atoms with Crippen LogP contribution in [0.25, 0.3) is 0 Å². The number of hydrogen-bond donors (Lipinski definition) is 1. The minimum absolute atomic E-state index is 0.738. The second-order valence-corrected chi connectivity index (χ2v) is 8.26. The topological polar surface area (TPSA) is 45.6 Å². The molecule has 162 valence electrons. The molecule has 1 aliphatic rings. The molecule has 0 radical (unpaired) electrons. The summed E-state index contributed by atoms with van der Waals surface area (Å²) >= 11 is 5.65. The van der Waals surface area contributed by atoms with Crippen molar-refractivity contribution in [2.75, 3.05) is 38.6 Å². The minimum Gasteiger partial charge on any atom is -0.497 e. The second kappa shape index (κ2) is 9.94. The number of anilines is 1. The molecule has 0 amide bonds. The summed E-state index contributed by atoms with van der Waals surface area (Å²) in [6.45, 7) is 7.56. The van der Waals surface area contributed by atoms with Gasteiger partial charge in [-0.2, -0.15) is 5.10 Å². The van der Waals surface area contributed by atoms with Crippen LogP contribution in [-0.2, 0) is 13.1 Å². The number of rotatable bonds is 6. The first-order chi connectivity index (χ1) is 15.1. The predicted octanol–water partition coefficient (Wildman–Crippen LogP) is 3.76. The predicted molar refractivity (Wildman–Crippen MR) is 129 cm³/mol. The molecule has 1 fully saturated rings. The highest BCUT2D eigenvalue weighted by molar-refractivity contribution is 7.80. The van der Waals surface area contributed by atoms with Gasteiger partial charge >= 0.3 is 0 Å². The summed E-state index contributed by atoms with van der Waals surface area (Å²) in [6.07, 6.45) is 1.99. The molecular weight excluding hydrogens is 406 g/mol. The zero-order valence-corrected chi connectivity index (χ0v) is 18.9. The molecule has 1 N–H and O–H groups in total. The largest absolute Gasteiger partial charge is 0.497 e. The maximum atomic E-state index is 5.65. The van der Waals surface area contributed by atoms with Gasteiger partial charge in [-0.15, -0.1) is 0 Å². The lowest BCUT2D eigenvalue weighted by Crippen LogP contribution is -2.49. The zero-order chi connectivity index (χ0) is 21.6. The first-order valence-electron chi connectivity index (χ1n) is 10.6. The van der Waals surface area contributed by atoms with Gasteiger partial charge < -0.3 is 15.0 Å². The van der Waals surface area contributed by atoms with Crippen LogP contribution in [0.4, 0.5) is 5.82 Å². The monoisotopic (exact) mass is 435 g/mol. The minimum atomic E-state index is 0.738. The zero-order valence-electron chi connectivity index (χ0n) is 18.1. The van der Waals surface area contributed by atoms with E-state index < -0.39 is 0 Å². The molecule has 0 spiro atoms. The van der Waals surface area contributed by atoms with E-state index in [-0.39, 0.29) is 0 Å². The van der Waals surface area contributed by atoms with Crippen LogP contribution >= 0.6 is 12.2 Å².